The van der Waals surface area contributed by atoms with Crippen LogP contribution in [0.2, 0.25) is 0 Å². The average Bonchev–Trinajstić information content (AvgIpc) is 3.49. The van der Waals surface area contributed by atoms with Gasteiger partial charge in [-0.25, -0.2) is 0 Å². The first-order valence-electron chi connectivity index (χ1n) is 12.6. The first-order valence-corrected chi connectivity index (χ1v) is 13.4. The van der Waals surface area contributed by atoms with Gasteiger partial charge in [0, 0.05) is 55.5 Å². The number of thiophene rings is 1. The molecule has 0 unspecified atom stereocenters. The summed E-state index contributed by atoms with van der Waals surface area (Å²) in [5.74, 6) is 0. The van der Waals surface area contributed by atoms with Crippen LogP contribution in [0.25, 0.3) is 42.7 Å². The molecule has 0 saturated carbocycles. The van der Waals surface area contributed by atoms with Gasteiger partial charge in [-0.2, -0.15) is 0 Å². The van der Waals surface area contributed by atoms with Crippen molar-refractivity contribution in [2.75, 3.05) is 4.90 Å². The van der Waals surface area contributed by atoms with Gasteiger partial charge in [0.2, 0.25) is 0 Å². The lowest BCUT2D eigenvalue weighted by Gasteiger charge is -2.25. The van der Waals surface area contributed by atoms with Crippen LogP contribution in [0.4, 0.5) is 17.1 Å². The molecule has 0 N–H and O–H groups in total. The van der Waals surface area contributed by atoms with Crippen LogP contribution in [0.5, 0.6) is 0 Å². The lowest BCUT2D eigenvalue weighted by Crippen LogP contribution is -2.09. The fourth-order valence-corrected chi connectivity index (χ4v) is 5.89. The summed E-state index contributed by atoms with van der Waals surface area (Å²) in [5, 5.41) is 2.22. The van der Waals surface area contributed by atoms with Crippen molar-refractivity contribution in [1.29, 1.82) is 0 Å². The molecule has 180 valence electrons. The van der Waals surface area contributed by atoms with E-state index < -0.39 is 0 Å². The minimum Gasteiger partial charge on any atom is -0.311 e. The van der Waals surface area contributed by atoms with E-state index in [4.69, 9.17) is 4.98 Å². The number of rotatable bonds is 5. The van der Waals surface area contributed by atoms with E-state index in [2.05, 4.69) is 119 Å². The number of para-hydroxylation sites is 2. The Morgan fingerprint density at radius 2 is 1.08 bits per heavy atom. The normalized spacial score (nSPS) is 11.2. The Morgan fingerprint density at radius 1 is 0.474 bits per heavy atom. The number of anilines is 3. The molecule has 0 aliphatic carbocycles. The van der Waals surface area contributed by atoms with Crippen LogP contribution < -0.4 is 4.90 Å². The highest BCUT2D eigenvalue weighted by molar-refractivity contribution is 7.18. The Labute approximate surface area is 225 Å². The van der Waals surface area contributed by atoms with Crippen molar-refractivity contribution < 1.29 is 0 Å². The van der Waals surface area contributed by atoms with E-state index in [1.165, 1.54) is 15.3 Å². The zero-order valence-electron chi connectivity index (χ0n) is 20.5. The first kappa shape index (κ1) is 22.4. The minimum atomic E-state index is 0.945. The van der Waals surface area contributed by atoms with E-state index in [0.717, 1.165) is 44.4 Å². The van der Waals surface area contributed by atoms with Gasteiger partial charge in [-0.1, -0.05) is 66.7 Å². The van der Waals surface area contributed by atoms with E-state index in [-0.39, 0.29) is 0 Å². The molecule has 7 aromatic rings. The van der Waals surface area contributed by atoms with Gasteiger partial charge < -0.3 is 4.90 Å². The van der Waals surface area contributed by atoms with Crippen molar-refractivity contribution in [3.05, 3.63) is 140 Å². The first-order chi connectivity index (χ1) is 18.8. The van der Waals surface area contributed by atoms with Gasteiger partial charge in [0.15, 0.2) is 0 Å². The van der Waals surface area contributed by atoms with Crippen LogP contribution in [-0.2, 0) is 0 Å². The third-order valence-corrected chi connectivity index (χ3v) is 7.94. The second-order valence-electron chi connectivity index (χ2n) is 9.15. The van der Waals surface area contributed by atoms with Gasteiger partial charge in [0.1, 0.15) is 0 Å². The SMILES string of the molecule is c1ccc(N(c2ccccc2)c2ccc(-c3ccc(-c4cnc5c(ccc6cccnc65)c4)s3)cc2)cc1. The average molecular weight is 506 g/mol. The Bertz CT molecular complexity index is 1820. The quantitative estimate of drug-likeness (QED) is 0.218. The number of benzene rings is 4. The van der Waals surface area contributed by atoms with Crippen molar-refractivity contribution >= 4 is 50.2 Å². The molecule has 3 nitrogen and oxygen atoms in total. The number of hydrogen-bond acceptors (Lipinski definition) is 4. The van der Waals surface area contributed by atoms with Gasteiger partial charge >= 0.3 is 0 Å². The maximum absolute atomic E-state index is 4.79. The second-order valence-corrected chi connectivity index (χ2v) is 10.2. The molecule has 0 radical (unpaired) electrons. The highest BCUT2D eigenvalue weighted by atomic mass is 32.1. The molecule has 0 atom stereocenters. The molecule has 3 aromatic heterocycles. The molecule has 4 heteroatoms. The van der Waals surface area contributed by atoms with Gasteiger partial charge in [-0.05, 0) is 66.2 Å². The topological polar surface area (TPSA) is 29.0 Å². The third-order valence-electron chi connectivity index (χ3n) is 6.75. The summed E-state index contributed by atoms with van der Waals surface area (Å²) in [6.45, 7) is 0. The van der Waals surface area contributed by atoms with Crippen LogP contribution in [-0.4, -0.2) is 9.97 Å². The molecule has 38 heavy (non-hydrogen) atoms. The molecule has 0 spiro atoms. The number of pyridine rings is 2. The van der Waals surface area contributed by atoms with Crippen LogP contribution in [0.1, 0.15) is 0 Å². The zero-order valence-corrected chi connectivity index (χ0v) is 21.3. The number of nitrogens with zero attached hydrogens (tertiary/aromatic N) is 3. The van der Waals surface area contributed by atoms with Crippen molar-refractivity contribution in [3.63, 3.8) is 0 Å². The molecule has 7 rings (SSSR count). The Hall–Kier alpha value is -4.80. The summed E-state index contributed by atoms with van der Waals surface area (Å²) in [6.07, 6.45) is 3.79. The molecule has 0 saturated heterocycles. The molecule has 0 aliphatic heterocycles. The van der Waals surface area contributed by atoms with E-state index in [0.29, 0.717) is 0 Å². The largest absolute Gasteiger partial charge is 0.311 e. The van der Waals surface area contributed by atoms with Gasteiger partial charge in [0.25, 0.3) is 0 Å². The molecule has 3 heterocycles. The summed E-state index contributed by atoms with van der Waals surface area (Å²) in [5.41, 5.74) is 7.62. The maximum atomic E-state index is 4.79. The van der Waals surface area contributed by atoms with E-state index in [1.807, 2.05) is 30.6 Å². The lowest BCUT2D eigenvalue weighted by atomic mass is 10.1. The Balaban J connectivity index is 1.21. The third kappa shape index (κ3) is 4.11. The summed E-state index contributed by atoms with van der Waals surface area (Å²) in [4.78, 5) is 14.1. The van der Waals surface area contributed by atoms with Crippen LogP contribution >= 0.6 is 11.3 Å². The fraction of sp³-hybridized carbons (Fsp3) is 0. The number of hydrogen-bond donors (Lipinski definition) is 0. The Kier molecular flexibility index (Phi) is 5.65. The summed E-state index contributed by atoms with van der Waals surface area (Å²) in [6, 6.07) is 44.7. The number of aromatic nitrogens is 2. The summed E-state index contributed by atoms with van der Waals surface area (Å²) in [7, 11) is 0. The monoisotopic (exact) mass is 505 g/mol. The van der Waals surface area contributed by atoms with E-state index in [9.17, 15) is 0 Å². The predicted molar refractivity (Wildman–Crippen MR) is 160 cm³/mol. The summed E-state index contributed by atoms with van der Waals surface area (Å²) < 4.78 is 0. The second kappa shape index (κ2) is 9.58. The fourth-order valence-electron chi connectivity index (χ4n) is 4.90. The molecular formula is C34H23N3S. The zero-order chi connectivity index (χ0) is 25.3. The molecular weight excluding hydrogens is 482 g/mol. The minimum absolute atomic E-state index is 0.945. The highest BCUT2D eigenvalue weighted by Gasteiger charge is 2.13. The van der Waals surface area contributed by atoms with E-state index >= 15 is 0 Å². The number of fused-ring (bicyclic) bond motifs is 3. The van der Waals surface area contributed by atoms with Gasteiger partial charge in [-0.15, -0.1) is 11.3 Å². The van der Waals surface area contributed by atoms with Gasteiger partial charge in [-0.3, -0.25) is 9.97 Å². The maximum Gasteiger partial charge on any atom is 0.0965 e. The van der Waals surface area contributed by atoms with Crippen molar-refractivity contribution in [1.82, 2.24) is 9.97 Å². The van der Waals surface area contributed by atoms with Crippen LogP contribution in [0.15, 0.2) is 140 Å². The van der Waals surface area contributed by atoms with Crippen LogP contribution in [0, 0.1) is 0 Å². The van der Waals surface area contributed by atoms with Crippen molar-refractivity contribution in [2.24, 2.45) is 0 Å². The Morgan fingerprint density at radius 3 is 1.79 bits per heavy atom. The standard InChI is InChI=1S/C34H23N3S/c1-3-9-28(10-4-1)37(29-11-5-2-6-12-29)30-17-15-24(16-18-30)31-19-20-32(38-31)27-22-26-14-13-25-8-7-21-35-33(25)34(26)36-23-27/h1-23H. The lowest BCUT2D eigenvalue weighted by molar-refractivity contribution is 1.28. The predicted octanol–water partition coefficient (Wildman–Crippen LogP) is 9.65. The molecule has 0 aliphatic rings. The van der Waals surface area contributed by atoms with Crippen LogP contribution in [0.3, 0.4) is 0 Å². The molecule has 0 amide bonds. The smallest absolute Gasteiger partial charge is 0.0965 e. The van der Waals surface area contributed by atoms with E-state index in [1.54, 1.807) is 11.3 Å². The highest BCUT2D eigenvalue weighted by Crippen LogP contribution is 2.38. The van der Waals surface area contributed by atoms with Crippen molar-refractivity contribution in [2.45, 2.75) is 0 Å². The summed E-state index contributed by atoms with van der Waals surface area (Å²) >= 11 is 1.79. The molecule has 0 fully saturated rings. The van der Waals surface area contributed by atoms with Crippen molar-refractivity contribution in [3.8, 4) is 20.9 Å². The molecule has 0 bridgehead atoms. The molecule has 4 aromatic carbocycles. The van der Waals surface area contributed by atoms with Gasteiger partial charge in [0.05, 0.1) is 11.0 Å².